The summed E-state index contributed by atoms with van der Waals surface area (Å²) < 4.78 is 53.5. The number of hydrogen-bond donors (Lipinski definition) is 0. The third-order valence-corrected chi connectivity index (χ3v) is 3.88. The van der Waals surface area contributed by atoms with Crippen molar-refractivity contribution in [1.82, 2.24) is 19.6 Å². The summed E-state index contributed by atoms with van der Waals surface area (Å²) in [7, 11) is 1.59. The number of aryl methyl sites for hydroxylation is 1. The van der Waals surface area contributed by atoms with Crippen molar-refractivity contribution in [2.45, 2.75) is 19.6 Å². The third kappa shape index (κ3) is 3.37. The Morgan fingerprint density at radius 2 is 1.96 bits per heavy atom. The standard InChI is InChI=1S/C15H12ClF4N5/c1-8-6-12(24(2)7-9-10(16)4-3-5-11(9)17)25-14(21-8)22-13(23-25)15(18,19)20/h3-6H,7H2,1-2H3. The molecule has 0 atom stereocenters. The molecule has 0 aliphatic rings. The van der Waals surface area contributed by atoms with Gasteiger partial charge in [-0.3, -0.25) is 0 Å². The summed E-state index contributed by atoms with van der Waals surface area (Å²) >= 11 is 6.01. The maximum absolute atomic E-state index is 14.0. The first-order valence-electron chi connectivity index (χ1n) is 7.12. The van der Waals surface area contributed by atoms with Crippen molar-refractivity contribution in [3.05, 3.63) is 52.2 Å². The molecule has 3 rings (SSSR count). The summed E-state index contributed by atoms with van der Waals surface area (Å²) in [6.45, 7) is 1.65. The van der Waals surface area contributed by atoms with Gasteiger partial charge in [-0.1, -0.05) is 17.7 Å². The topological polar surface area (TPSA) is 46.3 Å². The summed E-state index contributed by atoms with van der Waals surface area (Å²) in [5, 5.41) is 3.71. The molecule has 0 N–H and O–H groups in total. The van der Waals surface area contributed by atoms with Crippen LogP contribution in [0.3, 0.4) is 0 Å². The van der Waals surface area contributed by atoms with E-state index in [0.29, 0.717) is 5.69 Å². The fraction of sp³-hybridized carbons (Fsp3) is 0.267. The molecular formula is C15H12ClF4N5. The minimum absolute atomic E-state index is 0.0330. The van der Waals surface area contributed by atoms with E-state index < -0.39 is 17.8 Å². The molecule has 3 aromatic rings. The summed E-state index contributed by atoms with van der Waals surface area (Å²) in [6, 6.07) is 5.82. The average Bonchev–Trinajstić information content (AvgIpc) is 2.94. The van der Waals surface area contributed by atoms with Crippen LogP contribution in [0.5, 0.6) is 0 Å². The number of nitrogens with zero attached hydrogens (tertiary/aromatic N) is 5. The zero-order valence-electron chi connectivity index (χ0n) is 13.1. The molecular weight excluding hydrogens is 362 g/mol. The molecule has 0 saturated heterocycles. The predicted molar refractivity (Wildman–Crippen MR) is 84.0 cm³/mol. The van der Waals surface area contributed by atoms with Gasteiger partial charge in [-0.15, -0.1) is 5.10 Å². The first-order chi connectivity index (χ1) is 11.7. The highest BCUT2D eigenvalue weighted by atomic mass is 35.5. The Morgan fingerprint density at radius 1 is 1.24 bits per heavy atom. The van der Waals surface area contributed by atoms with Crippen molar-refractivity contribution in [2.24, 2.45) is 0 Å². The summed E-state index contributed by atoms with van der Waals surface area (Å²) in [5.74, 6) is -1.70. The molecule has 2 aromatic heterocycles. The van der Waals surface area contributed by atoms with E-state index in [1.807, 2.05) is 0 Å². The van der Waals surface area contributed by atoms with Crippen LogP contribution in [0.15, 0.2) is 24.3 Å². The number of halogens is 5. The molecule has 2 heterocycles. The molecule has 0 fully saturated rings. The number of fused-ring (bicyclic) bond motifs is 1. The van der Waals surface area contributed by atoms with Crippen molar-refractivity contribution in [1.29, 1.82) is 0 Å². The van der Waals surface area contributed by atoms with Crippen LogP contribution in [0.2, 0.25) is 5.02 Å². The van der Waals surface area contributed by atoms with E-state index in [0.717, 1.165) is 4.52 Å². The van der Waals surface area contributed by atoms with Crippen LogP contribution in [0.25, 0.3) is 5.78 Å². The second kappa shape index (κ2) is 6.14. The Kier molecular flexibility index (Phi) is 4.28. The number of alkyl halides is 3. The molecule has 0 aliphatic heterocycles. The second-order valence-electron chi connectivity index (χ2n) is 5.46. The second-order valence-corrected chi connectivity index (χ2v) is 5.86. The van der Waals surface area contributed by atoms with Gasteiger partial charge in [0.25, 0.3) is 11.6 Å². The van der Waals surface area contributed by atoms with Gasteiger partial charge in [0.15, 0.2) is 0 Å². The number of benzene rings is 1. The Hall–Kier alpha value is -2.42. The van der Waals surface area contributed by atoms with Crippen molar-refractivity contribution in [3.8, 4) is 0 Å². The molecule has 0 radical (unpaired) electrons. The first kappa shape index (κ1) is 17.4. The monoisotopic (exact) mass is 373 g/mol. The van der Waals surface area contributed by atoms with E-state index in [1.165, 1.54) is 23.1 Å². The smallest absolute Gasteiger partial charge is 0.355 e. The highest BCUT2D eigenvalue weighted by Gasteiger charge is 2.37. The van der Waals surface area contributed by atoms with Gasteiger partial charge in [0.2, 0.25) is 0 Å². The lowest BCUT2D eigenvalue weighted by Crippen LogP contribution is -2.21. The minimum Gasteiger partial charge on any atom is -0.355 e. The van der Waals surface area contributed by atoms with Gasteiger partial charge in [0.05, 0.1) is 0 Å². The van der Waals surface area contributed by atoms with Gasteiger partial charge < -0.3 is 4.90 Å². The molecule has 0 amide bonds. The minimum atomic E-state index is -4.69. The van der Waals surface area contributed by atoms with Gasteiger partial charge in [-0.2, -0.15) is 22.7 Å². The normalized spacial score (nSPS) is 12.0. The van der Waals surface area contributed by atoms with Gasteiger partial charge in [-0.05, 0) is 19.1 Å². The van der Waals surface area contributed by atoms with E-state index in [2.05, 4.69) is 15.1 Å². The Morgan fingerprint density at radius 3 is 2.60 bits per heavy atom. The SMILES string of the molecule is Cc1cc(N(C)Cc2c(F)cccc2Cl)n2nc(C(F)(F)F)nc2n1. The number of aromatic nitrogens is 4. The molecule has 132 valence electrons. The lowest BCUT2D eigenvalue weighted by Gasteiger charge is -2.21. The summed E-state index contributed by atoms with van der Waals surface area (Å²) in [6.07, 6.45) is -4.69. The highest BCUT2D eigenvalue weighted by molar-refractivity contribution is 6.31. The van der Waals surface area contributed by atoms with Crippen molar-refractivity contribution in [3.63, 3.8) is 0 Å². The maximum Gasteiger partial charge on any atom is 0.453 e. The summed E-state index contributed by atoms with van der Waals surface area (Å²) in [5.41, 5.74) is 0.681. The molecule has 1 aromatic carbocycles. The van der Waals surface area contributed by atoms with Crippen LogP contribution in [0, 0.1) is 12.7 Å². The van der Waals surface area contributed by atoms with E-state index >= 15 is 0 Å². The van der Waals surface area contributed by atoms with Crippen molar-refractivity contribution in [2.75, 3.05) is 11.9 Å². The van der Waals surface area contributed by atoms with Gasteiger partial charge in [0.1, 0.15) is 11.6 Å². The van der Waals surface area contributed by atoms with E-state index in [1.54, 1.807) is 20.0 Å². The average molecular weight is 374 g/mol. The van der Waals surface area contributed by atoms with Gasteiger partial charge in [-0.25, -0.2) is 9.37 Å². The van der Waals surface area contributed by atoms with Crippen LogP contribution in [-0.2, 0) is 12.7 Å². The Labute approximate surface area is 144 Å². The van der Waals surface area contributed by atoms with Crippen LogP contribution < -0.4 is 4.90 Å². The van der Waals surface area contributed by atoms with E-state index in [-0.39, 0.29) is 28.7 Å². The lowest BCUT2D eigenvalue weighted by molar-refractivity contribution is -0.144. The molecule has 10 heteroatoms. The molecule has 0 aliphatic carbocycles. The Bertz CT molecular complexity index is 917. The van der Waals surface area contributed by atoms with Crippen LogP contribution in [0.4, 0.5) is 23.4 Å². The van der Waals surface area contributed by atoms with Crippen molar-refractivity contribution >= 4 is 23.2 Å². The van der Waals surface area contributed by atoms with E-state index in [4.69, 9.17) is 11.6 Å². The van der Waals surface area contributed by atoms with E-state index in [9.17, 15) is 17.6 Å². The molecule has 5 nitrogen and oxygen atoms in total. The zero-order valence-corrected chi connectivity index (χ0v) is 13.9. The molecule has 0 bridgehead atoms. The fourth-order valence-corrected chi connectivity index (χ4v) is 2.58. The number of hydrogen-bond acceptors (Lipinski definition) is 4. The first-order valence-corrected chi connectivity index (χ1v) is 7.50. The van der Waals surface area contributed by atoms with Crippen LogP contribution in [-0.4, -0.2) is 26.6 Å². The summed E-state index contributed by atoms with van der Waals surface area (Å²) in [4.78, 5) is 8.91. The predicted octanol–water partition coefficient (Wildman–Crippen LogP) is 3.88. The Balaban J connectivity index is 2.06. The van der Waals surface area contributed by atoms with Crippen molar-refractivity contribution < 1.29 is 17.6 Å². The molecule has 0 unspecified atom stereocenters. The molecule has 25 heavy (non-hydrogen) atoms. The van der Waals surface area contributed by atoms with Crippen LogP contribution >= 0.6 is 11.6 Å². The quantitative estimate of drug-likeness (QED) is 0.654. The van der Waals surface area contributed by atoms with Gasteiger partial charge in [0, 0.05) is 35.9 Å². The third-order valence-electron chi connectivity index (χ3n) is 3.52. The van der Waals surface area contributed by atoms with Crippen LogP contribution in [0.1, 0.15) is 17.1 Å². The largest absolute Gasteiger partial charge is 0.453 e. The fourth-order valence-electron chi connectivity index (χ4n) is 2.36. The number of anilines is 1. The number of rotatable bonds is 3. The molecule has 0 spiro atoms. The maximum atomic E-state index is 14.0. The highest BCUT2D eigenvalue weighted by Crippen LogP contribution is 2.28. The zero-order chi connectivity index (χ0) is 18.4. The lowest BCUT2D eigenvalue weighted by atomic mass is 10.2. The molecule has 0 saturated carbocycles. The van der Waals surface area contributed by atoms with Gasteiger partial charge >= 0.3 is 6.18 Å².